The van der Waals surface area contributed by atoms with Crippen LogP contribution in [0.1, 0.15) is 6.42 Å². The van der Waals surface area contributed by atoms with E-state index in [0.29, 0.717) is 6.10 Å². The molecular weight excluding hydrogens is 278 g/mol. The van der Waals surface area contributed by atoms with Gasteiger partial charge in [-0.2, -0.15) is 0 Å². The van der Waals surface area contributed by atoms with E-state index in [1.165, 1.54) is 10.8 Å². The number of fused-ring (bicyclic) bond motifs is 1. The molecule has 0 radical (unpaired) electrons. The molecule has 1 saturated heterocycles. The summed E-state index contributed by atoms with van der Waals surface area (Å²) in [6, 6.07) is 12.5. The number of nitrogens with one attached hydrogen (secondary N) is 1. The van der Waals surface area contributed by atoms with Gasteiger partial charge in [0.2, 0.25) is 0 Å². The maximum absolute atomic E-state index is 6.00. The van der Waals surface area contributed by atoms with Gasteiger partial charge in [0.05, 0.1) is 4.47 Å². The summed E-state index contributed by atoms with van der Waals surface area (Å²) in [5.74, 6) is 0.942. The molecule has 0 bridgehead atoms. The molecule has 2 aromatic rings. The molecule has 3 rings (SSSR count). The Morgan fingerprint density at radius 2 is 2.06 bits per heavy atom. The van der Waals surface area contributed by atoms with Crippen LogP contribution in [0.2, 0.25) is 0 Å². The minimum Gasteiger partial charge on any atom is -0.488 e. The Bertz CT molecular complexity index is 535. The molecule has 1 atom stereocenters. The van der Waals surface area contributed by atoms with Crippen LogP contribution < -0.4 is 10.1 Å². The van der Waals surface area contributed by atoms with Crippen LogP contribution in [-0.4, -0.2) is 19.2 Å². The standard InChI is InChI=1S/C14H14BrNO/c15-14-12-4-2-1-3-10(12)5-6-13(14)17-11-7-8-16-9-11/h1-6,11,16H,7-9H2. The monoisotopic (exact) mass is 291 g/mol. The average Bonchev–Trinajstić information content (AvgIpc) is 2.86. The lowest BCUT2D eigenvalue weighted by Crippen LogP contribution is -2.19. The SMILES string of the molecule is Brc1c(OC2CCNC2)ccc2ccccc12. The molecule has 1 N–H and O–H groups in total. The fraction of sp³-hybridized carbons (Fsp3) is 0.286. The molecule has 2 aromatic carbocycles. The molecule has 3 heteroatoms. The van der Waals surface area contributed by atoms with Gasteiger partial charge >= 0.3 is 0 Å². The molecule has 88 valence electrons. The Balaban J connectivity index is 1.96. The Kier molecular flexibility index (Phi) is 3.04. The van der Waals surface area contributed by atoms with Crippen LogP contribution in [-0.2, 0) is 0 Å². The van der Waals surface area contributed by atoms with E-state index in [4.69, 9.17) is 4.74 Å². The maximum atomic E-state index is 6.00. The van der Waals surface area contributed by atoms with Crippen LogP contribution in [0, 0.1) is 0 Å². The van der Waals surface area contributed by atoms with Gasteiger partial charge < -0.3 is 10.1 Å². The molecule has 0 aliphatic carbocycles. The van der Waals surface area contributed by atoms with Gasteiger partial charge in [-0.3, -0.25) is 0 Å². The first-order valence-corrected chi connectivity index (χ1v) is 6.68. The van der Waals surface area contributed by atoms with E-state index >= 15 is 0 Å². The van der Waals surface area contributed by atoms with Gasteiger partial charge in [0.25, 0.3) is 0 Å². The Labute approximate surface area is 109 Å². The number of hydrogen-bond donors (Lipinski definition) is 1. The van der Waals surface area contributed by atoms with Crippen molar-refractivity contribution in [2.45, 2.75) is 12.5 Å². The molecule has 17 heavy (non-hydrogen) atoms. The second-order valence-corrected chi connectivity index (χ2v) is 5.12. The molecule has 0 aromatic heterocycles. The lowest BCUT2D eigenvalue weighted by atomic mass is 10.1. The Morgan fingerprint density at radius 1 is 1.18 bits per heavy atom. The summed E-state index contributed by atoms with van der Waals surface area (Å²) in [5, 5.41) is 5.75. The van der Waals surface area contributed by atoms with Crippen LogP contribution in [0.15, 0.2) is 40.9 Å². The maximum Gasteiger partial charge on any atom is 0.134 e. The van der Waals surface area contributed by atoms with Gasteiger partial charge in [0.1, 0.15) is 11.9 Å². The van der Waals surface area contributed by atoms with Crippen molar-refractivity contribution >= 4 is 26.7 Å². The summed E-state index contributed by atoms with van der Waals surface area (Å²) in [5.41, 5.74) is 0. The van der Waals surface area contributed by atoms with Crippen molar-refractivity contribution in [3.63, 3.8) is 0 Å². The van der Waals surface area contributed by atoms with Gasteiger partial charge in [-0.1, -0.05) is 30.3 Å². The first-order chi connectivity index (χ1) is 8.34. The van der Waals surface area contributed by atoms with Gasteiger partial charge in [-0.15, -0.1) is 0 Å². The Hall–Kier alpha value is -1.06. The van der Waals surface area contributed by atoms with Crippen LogP contribution in [0.4, 0.5) is 0 Å². The van der Waals surface area contributed by atoms with E-state index in [1.54, 1.807) is 0 Å². The second-order valence-electron chi connectivity index (χ2n) is 4.33. The van der Waals surface area contributed by atoms with E-state index in [9.17, 15) is 0 Å². The molecule has 1 fully saturated rings. The van der Waals surface area contributed by atoms with Crippen molar-refractivity contribution in [1.82, 2.24) is 5.32 Å². The van der Waals surface area contributed by atoms with E-state index in [1.807, 2.05) is 12.1 Å². The summed E-state index contributed by atoms with van der Waals surface area (Å²) >= 11 is 3.64. The lowest BCUT2D eigenvalue weighted by Gasteiger charge is -2.15. The summed E-state index contributed by atoms with van der Waals surface area (Å²) in [6.07, 6.45) is 1.38. The third kappa shape index (κ3) is 2.17. The molecule has 1 unspecified atom stereocenters. The predicted octanol–water partition coefficient (Wildman–Crippen LogP) is 3.34. The predicted molar refractivity (Wildman–Crippen MR) is 73.6 cm³/mol. The van der Waals surface area contributed by atoms with Crippen LogP contribution >= 0.6 is 15.9 Å². The van der Waals surface area contributed by atoms with E-state index in [2.05, 4.69) is 45.5 Å². The highest BCUT2D eigenvalue weighted by molar-refractivity contribution is 9.10. The topological polar surface area (TPSA) is 21.3 Å². The average molecular weight is 292 g/mol. The third-order valence-electron chi connectivity index (χ3n) is 3.14. The highest BCUT2D eigenvalue weighted by Crippen LogP contribution is 2.33. The Morgan fingerprint density at radius 3 is 2.88 bits per heavy atom. The molecular formula is C14H14BrNO. The van der Waals surface area contributed by atoms with Gasteiger partial charge in [-0.05, 0) is 45.7 Å². The summed E-state index contributed by atoms with van der Waals surface area (Å²) < 4.78 is 7.06. The number of halogens is 1. The zero-order chi connectivity index (χ0) is 11.7. The zero-order valence-electron chi connectivity index (χ0n) is 9.45. The normalized spacial score (nSPS) is 19.7. The van der Waals surface area contributed by atoms with Crippen LogP contribution in [0.25, 0.3) is 10.8 Å². The molecule has 2 nitrogen and oxygen atoms in total. The van der Waals surface area contributed by atoms with Crippen molar-refractivity contribution in [2.75, 3.05) is 13.1 Å². The lowest BCUT2D eigenvalue weighted by molar-refractivity contribution is 0.222. The second kappa shape index (κ2) is 4.67. The fourth-order valence-electron chi connectivity index (χ4n) is 2.21. The first kappa shape index (κ1) is 11.1. The highest BCUT2D eigenvalue weighted by atomic mass is 79.9. The van der Waals surface area contributed by atoms with Crippen molar-refractivity contribution in [1.29, 1.82) is 0 Å². The smallest absolute Gasteiger partial charge is 0.134 e. The first-order valence-electron chi connectivity index (χ1n) is 5.89. The number of benzene rings is 2. The molecule has 1 aliphatic heterocycles. The zero-order valence-corrected chi connectivity index (χ0v) is 11.0. The van der Waals surface area contributed by atoms with E-state index < -0.39 is 0 Å². The number of hydrogen-bond acceptors (Lipinski definition) is 2. The van der Waals surface area contributed by atoms with Crippen molar-refractivity contribution < 1.29 is 4.74 Å². The molecule has 0 saturated carbocycles. The number of rotatable bonds is 2. The minimum atomic E-state index is 0.299. The van der Waals surface area contributed by atoms with Crippen LogP contribution in [0.5, 0.6) is 5.75 Å². The number of ether oxygens (including phenoxy) is 1. The summed E-state index contributed by atoms with van der Waals surface area (Å²) in [7, 11) is 0. The summed E-state index contributed by atoms with van der Waals surface area (Å²) in [4.78, 5) is 0. The van der Waals surface area contributed by atoms with Gasteiger partial charge in [0.15, 0.2) is 0 Å². The summed E-state index contributed by atoms with van der Waals surface area (Å²) in [6.45, 7) is 2.00. The molecule has 1 aliphatic rings. The largest absolute Gasteiger partial charge is 0.488 e. The van der Waals surface area contributed by atoms with E-state index in [-0.39, 0.29) is 0 Å². The van der Waals surface area contributed by atoms with Gasteiger partial charge in [0, 0.05) is 6.54 Å². The van der Waals surface area contributed by atoms with Crippen LogP contribution in [0.3, 0.4) is 0 Å². The van der Waals surface area contributed by atoms with Crippen molar-refractivity contribution in [3.05, 3.63) is 40.9 Å². The van der Waals surface area contributed by atoms with Crippen molar-refractivity contribution in [2.24, 2.45) is 0 Å². The molecule has 0 spiro atoms. The minimum absolute atomic E-state index is 0.299. The molecule has 1 heterocycles. The van der Waals surface area contributed by atoms with Crippen molar-refractivity contribution in [3.8, 4) is 5.75 Å². The van der Waals surface area contributed by atoms with E-state index in [0.717, 1.165) is 29.7 Å². The fourth-order valence-corrected chi connectivity index (χ4v) is 2.80. The van der Waals surface area contributed by atoms with Gasteiger partial charge in [-0.25, -0.2) is 0 Å². The molecule has 0 amide bonds. The quantitative estimate of drug-likeness (QED) is 0.916. The third-order valence-corrected chi connectivity index (χ3v) is 3.95. The highest BCUT2D eigenvalue weighted by Gasteiger charge is 2.17.